The number of aromatic carboxylic acids is 1. The highest BCUT2D eigenvalue weighted by Gasteiger charge is 2.34. The van der Waals surface area contributed by atoms with Crippen molar-refractivity contribution in [3.63, 3.8) is 0 Å². The molecule has 0 bridgehead atoms. The third kappa shape index (κ3) is 4.24. The van der Waals surface area contributed by atoms with Crippen LogP contribution in [0.15, 0.2) is 54.6 Å². The maximum absolute atomic E-state index is 11.7. The maximum atomic E-state index is 11.7. The number of benzene rings is 2. The first kappa shape index (κ1) is 22.3. The average Bonchev–Trinajstić information content (AvgIpc) is 3.07. The molecule has 1 atom stereocenters. The molecule has 0 fully saturated rings. The number of hydrogen-bond acceptors (Lipinski definition) is 2. The summed E-state index contributed by atoms with van der Waals surface area (Å²) in [6.07, 6.45) is 3.21. The van der Waals surface area contributed by atoms with Crippen molar-refractivity contribution >= 4 is 5.97 Å². The molecule has 1 aromatic heterocycles. The monoisotopic (exact) mass is 430 g/mol. The highest BCUT2D eigenvalue weighted by Crippen LogP contribution is 2.44. The Labute approximate surface area is 191 Å². The molecule has 1 unspecified atom stereocenters. The zero-order valence-corrected chi connectivity index (χ0v) is 19.9. The molecule has 0 spiro atoms. The number of carbonyl (C=O) groups is 1. The van der Waals surface area contributed by atoms with E-state index in [1.54, 1.807) is 6.07 Å². The Balaban J connectivity index is 2.01. The molecule has 32 heavy (non-hydrogen) atoms. The predicted molar refractivity (Wildman–Crippen MR) is 131 cm³/mol. The maximum Gasteiger partial charge on any atom is 0.335 e. The zero-order chi connectivity index (χ0) is 23.0. The first-order chi connectivity index (χ1) is 15.2. The van der Waals surface area contributed by atoms with Crippen molar-refractivity contribution in [2.24, 2.45) is 11.3 Å². The summed E-state index contributed by atoms with van der Waals surface area (Å²) in [4.78, 5) is 14.0. The van der Waals surface area contributed by atoms with Crippen LogP contribution in [0.1, 0.15) is 54.4 Å². The summed E-state index contributed by atoms with van der Waals surface area (Å²) in [7, 11) is 4.24. The minimum absolute atomic E-state index is 0.255. The molecule has 0 saturated carbocycles. The van der Waals surface area contributed by atoms with E-state index in [1.165, 1.54) is 28.1 Å². The third-order valence-corrected chi connectivity index (χ3v) is 6.77. The van der Waals surface area contributed by atoms with Crippen LogP contribution in [0.25, 0.3) is 16.9 Å². The Morgan fingerprint density at radius 1 is 1.09 bits per heavy atom. The summed E-state index contributed by atoms with van der Waals surface area (Å²) in [6.45, 7) is 7.90. The van der Waals surface area contributed by atoms with Gasteiger partial charge in [0.15, 0.2) is 0 Å². The lowest BCUT2D eigenvalue weighted by atomic mass is 9.71. The molecule has 1 N–H and O–H groups in total. The van der Waals surface area contributed by atoms with Gasteiger partial charge in [-0.2, -0.15) is 0 Å². The number of nitrogens with zero attached hydrogens (tertiary/aromatic N) is 2. The summed E-state index contributed by atoms with van der Waals surface area (Å²) in [5.41, 5.74) is 8.03. The van der Waals surface area contributed by atoms with Crippen LogP contribution in [0.2, 0.25) is 0 Å². The van der Waals surface area contributed by atoms with Gasteiger partial charge >= 0.3 is 5.97 Å². The lowest BCUT2D eigenvalue weighted by Crippen LogP contribution is -2.28. The van der Waals surface area contributed by atoms with Gasteiger partial charge in [0.05, 0.1) is 11.3 Å². The molecule has 4 heteroatoms. The van der Waals surface area contributed by atoms with E-state index in [0.717, 1.165) is 31.5 Å². The number of hydrogen-bond donors (Lipinski definition) is 1. The quantitative estimate of drug-likeness (QED) is 0.535. The van der Waals surface area contributed by atoms with E-state index in [-0.39, 0.29) is 5.41 Å². The molecular weight excluding hydrogens is 396 g/mol. The highest BCUT2D eigenvalue weighted by molar-refractivity contribution is 5.88. The van der Waals surface area contributed by atoms with E-state index >= 15 is 0 Å². The SMILES string of the molecule is CN(C)Cc1c2c(n(-c3cccc(C(=O)O)c3)c1-c1ccccc1)CCC(C(C)(C)C)C2. The largest absolute Gasteiger partial charge is 0.478 e. The average molecular weight is 431 g/mol. The smallest absolute Gasteiger partial charge is 0.335 e. The second-order valence-electron chi connectivity index (χ2n) is 10.4. The van der Waals surface area contributed by atoms with Gasteiger partial charge in [-0.15, -0.1) is 0 Å². The Kier molecular flexibility index (Phi) is 6.00. The number of fused-ring (bicyclic) bond motifs is 1. The Hall–Kier alpha value is -2.85. The van der Waals surface area contributed by atoms with Crippen LogP contribution in [0.4, 0.5) is 0 Å². The Morgan fingerprint density at radius 2 is 1.81 bits per heavy atom. The number of carboxylic acids is 1. The normalized spacial score (nSPS) is 16.2. The first-order valence-corrected chi connectivity index (χ1v) is 11.5. The van der Waals surface area contributed by atoms with Crippen LogP contribution >= 0.6 is 0 Å². The van der Waals surface area contributed by atoms with E-state index in [0.29, 0.717) is 11.5 Å². The van der Waals surface area contributed by atoms with Gasteiger partial charge in [-0.3, -0.25) is 0 Å². The van der Waals surface area contributed by atoms with E-state index in [9.17, 15) is 9.90 Å². The number of aromatic nitrogens is 1. The lowest BCUT2D eigenvalue weighted by Gasteiger charge is -2.35. The fraction of sp³-hybridized carbons (Fsp3) is 0.393. The van der Waals surface area contributed by atoms with Crippen molar-refractivity contribution in [2.75, 3.05) is 14.1 Å². The molecule has 0 saturated heterocycles. The first-order valence-electron chi connectivity index (χ1n) is 11.5. The van der Waals surface area contributed by atoms with Gasteiger partial charge < -0.3 is 14.6 Å². The molecule has 4 nitrogen and oxygen atoms in total. The minimum atomic E-state index is -0.893. The number of rotatable bonds is 5. The van der Waals surface area contributed by atoms with Crippen LogP contribution in [0.5, 0.6) is 0 Å². The van der Waals surface area contributed by atoms with Crippen LogP contribution in [0.3, 0.4) is 0 Å². The van der Waals surface area contributed by atoms with Gasteiger partial charge in [-0.25, -0.2) is 4.79 Å². The fourth-order valence-corrected chi connectivity index (χ4v) is 5.07. The fourth-order valence-electron chi connectivity index (χ4n) is 5.07. The second-order valence-corrected chi connectivity index (χ2v) is 10.4. The molecule has 0 amide bonds. The predicted octanol–water partition coefficient (Wildman–Crippen LogP) is 6.06. The molecule has 0 aliphatic heterocycles. The van der Waals surface area contributed by atoms with Crippen LogP contribution in [0, 0.1) is 11.3 Å². The minimum Gasteiger partial charge on any atom is -0.478 e. The van der Waals surface area contributed by atoms with Crippen molar-refractivity contribution in [1.82, 2.24) is 9.47 Å². The third-order valence-electron chi connectivity index (χ3n) is 6.77. The van der Waals surface area contributed by atoms with E-state index in [1.807, 2.05) is 24.3 Å². The molecule has 168 valence electrons. The lowest BCUT2D eigenvalue weighted by molar-refractivity contribution is 0.0697. The van der Waals surface area contributed by atoms with Crippen molar-refractivity contribution < 1.29 is 9.90 Å². The zero-order valence-electron chi connectivity index (χ0n) is 19.9. The summed E-state index contributed by atoms with van der Waals surface area (Å²) >= 11 is 0. The van der Waals surface area contributed by atoms with Crippen molar-refractivity contribution in [3.05, 3.63) is 77.0 Å². The summed E-state index contributed by atoms with van der Waals surface area (Å²) in [5, 5.41) is 9.61. The standard InChI is InChI=1S/C28H34N2O2/c1-28(2,3)21-14-15-25-23(17-21)24(18-29(4)5)26(19-10-7-6-8-11-19)30(25)22-13-9-12-20(16-22)27(31)32/h6-13,16,21H,14-15,17-18H2,1-5H3,(H,31,32). The van der Waals surface area contributed by atoms with Crippen molar-refractivity contribution in [2.45, 2.75) is 46.6 Å². The van der Waals surface area contributed by atoms with Gasteiger partial charge in [-0.1, -0.05) is 57.2 Å². The van der Waals surface area contributed by atoms with Crippen LogP contribution in [-0.2, 0) is 19.4 Å². The van der Waals surface area contributed by atoms with Gasteiger partial charge in [0.25, 0.3) is 0 Å². The van der Waals surface area contributed by atoms with Crippen LogP contribution < -0.4 is 0 Å². The molecule has 1 heterocycles. The van der Waals surface area contributed by atoms with Crippen molar-refractivity contribution in [1.29, 1.82) is 0 Å². The highest BCUT2D eigenvalue weighted by atomic mass is 16.4. The molecule has 4 rings (SSSR count). The molecular formula is C28H34N2O2. The van der Waals surface area contributed by atoms with Crippen LogP contribution in [-0.4, -0.2) is 34.6 Å². The summed E-state index contributed by atoms with van der Waals surface area (Å²) in [6, 6.07) is 17.9. The van der Waals surface area contributed by atoms with E-state index in [2.05, 4.69) is 68.6 Å². The summed E-state index contributed by atoms with van der Waals surface area (Å²) in [5.74, 6) is -0.267. The van der Waals surface area contributed by atoms with Gasteiger partial charge in [0, 0.05) is 17.9 Å². The van der Waals surface area contributed by atoms with E-state index in [4.69, 9.17) is 0 Å². The molecule has 1 aliphatic rings. The molecule has 3 aromatic rings. The summed E-state index contributed by atoms with van der Waals surface area (Å²) < 4.78 is 2.34. The topological polar surface area (TPSA) is 45.5 Å². The van der Waals surface area contributed by atoms with Gasteiger partial charge in [0.1, 0.15) is 0 Å². The van der Waals surface area contributed by atoms with E-state index < -0.39 is 5.97 Å². The Morgan fingerprint density at radius 3 is 2.44 bits per heavy atom. The Bertz CT molecular complexity index is 1120. The second kappa shape index (κ2) is 8.59. The molecule has 0 radical (unpaired) electrons. The van der Waals surface area contributed by atoms with Gasteiger partial charge in [0.2, 0.25) is 0 Å². The molecule has 2 aromatic carbocycles. The van der Waals surface area contributed by atoms with Gasteiger partial charge in [-0.05, 0) is 79.6 Å². The van der Waals surface area contributed by atoms with Crippen molar-refractivity contribution in [3.8, 4) is 16.9 Å². The molecule has 1 aliphatic carbocycles. The number of carboxylic acid groups (broad SMARTS) is 1.